The van der Waals surface area contributed by atoms with E-state index in [4.69, 9.17) is 5.73 Å². The molecule has 1 aromatic carbocycles. The molecule has 0 unspecified atom stereocenters. The van der Waals surface area contributed by atoms with E-state index in [1.807, 2.05) is 12.1 Å². The van der Waals surface area contributed by atoms with Crippen molar-refractivity contribution in [1.82, 2.24) is 5.32 Å². The maximum atomic E-state index is 11.3. The summed E-state index contributed by atoms with van der Waals surface area (Å²) in [4.78, 5) is 15.5. The van der Waals surface area contributed by atoms with Gasteiger partial charge in [-0.15, -0.1) is 24.0 Å². The van der Waals surface area contributed by atoms with Gasteiger partial charge in [0.15, 0.2) is 5.96 Å². The fourth-order valence-electron chi connectivity index (χ4n) is 1.41. The number of carbonyl (C=O) groups is 1. The lowest BCUT2D eigenvalue weighted by Crippen LogP contribution is -2.34. The van der Waals surface area contributed by atoms with Crippen LogP contribution >= 0.6 is 24.0 Å². The highest BCUT2D eigenvalue weighted by Gasteiger charge is 2.04. The van der Waals surface area contributed by atoms with Gasteiger partial charge in [0.1, 0.15) is 0 Å². The predicted molar refractivity (Wildman–Crippen MR) is 91.4 cm³/mol. The van der Waals surface area contributed by atoms with Gasteiger partial charge in [0.25, 0.3) is 0 Å². The summed E-state index contributed by atoms with van der Waals surface area (Å²) in [6, 6.07) is 7.11. The van der Waals surface area contributed by atoms with Gasteiger partial charge in [-0.2, -0.15) is 0 Å². The number of ether oxygens (including phenoxy) is 1. The molecule has 0 heterocycles. The number of nitrogens with two attached hydrogens (primary N) is 1. The van der Waals surface area contributed by atoms with Crippen molar-refractivity contribution in [2.75, 3.05) is 13.7 Å². The van der Waals surface area contributed by atoms with Crippen LogP contribution in [0.2, 0.25) is 0 Å². The average Bonchev–Trinajstić information content (AvgIpc) is 2.42. The van der Waals surface area contributed by atoms with Crippen LogP contribution in [-0.2, 0) is 11.3 Å². The van der Waals surface area contributed by atoms with Crippen LogP contribution in [0.3, 0.4) is 0 Å². The van der Waals surface area contributed by atoms with Crippen molar-refractivity contribution in [3.8, 4) is 0 Å². The highest BCUT2D eigenvalue weighted by molar-refractivity contribution is 14.0. The molecule has 0 saturated heterocycles. The lowest BCUT2D eigenvalue weighted by Gasteiger charge is -2.07. The molecule has 6 heteroatoms. The molecule has 0 spiro atoms. The first-order valence-electron chi connectivity index (χ1n) is 6.24. The summed E-state index contributed by atoms with van der Waals surface area (Å²) in [7, 11) is 1.36. The van der Waals surface area contributed by atoms with E-state index < -0.39 is 0 Å². The van der Waals surface area contributed by atoms with Crippen LogP contribution < -0.4 is 11.1 Å². The van der Waals surface area contributed by atoms with Crippen LogP contribution in [0.1, 0.15) is 29.8 Å². The Morgan fingerprint density at radius 2 is 1.95 bits per heavy atom. The van der Waals surface area contributed by atoms with Crippen LogP contribution in [0.25, 0.3) is 0 Å². The normalized spacial score (nSPS) is 10.9. The molecule has 0 aliphatic heterocycles. The van der Waals surface area contributed by atoms with E-state index >= 15 is 0 Å². The minimum absolute atomic E-state index is 0. The lowest BCUT2D eigenvalue weighted by atomic mass is 10.1. The predicted octanol–water partition coefficient (Wildman–Crippen LogP) is 2.15. The number of nitrogens with zero attached hydrogens (tertiary/aromatic N) is 1. The Balaban J connectivity index is 0.00000361. The molecule has 0 saturated carbocycles. The summed E-state index contributed by atoms with van der Waals surface area (Å²) < 4.78 is 4.63. The Kier molecular flexibility index (Phi) is 8.94. The van der Waals surface area contributed by atoms with Gasteiger partial charge in [-0.3, -0.25) is 0 Å². The van der Waals surface area contributed by atoms with Gasteiger partial charge in [0.05, 0.1) is 19.2 Å². The van der Waals surface area contributed by atoms with Gasteiger partial charge in [-0.25, -0.2) is 9.79 Å². The Labute approximate surface area is 137 Å². The van der Waals surface area contributed by atoms with E-state index in [-0.39, 0.29) is 29.9 Å². The summed E-state index contributed by atoms with van der Waals surface area (Å²) >= 11 is 0. The van der Waals surface area contributed by atoms with Crippen molar-refractivity contribution in [2.45, 2.75) is 20.4 Å². The summed E-state index contributed by atoms with van der Waals surface area (Å²) in [5.74, 6) is 0.618. The smallest absolute Gasteiger partial charge is 0.337 e. The molecule has 0 aromatic heterocycles. The average molecular weight is 391 g/mol. The number of halogens is 1. The van der Waals surface area contributed by atoms with Crippen molar-refractivity contribution in [3.05, 3.63) is 35.4 Å². The minimum atomic E-state index is -0.340. The molecule has 0 atom stereocenters. The molecule has 1 aromatic rings. The zero-order valence-electron chi connectivity index (χ0n) is 12.1. The topological polar surface area (TPSA) is 76.7 Å². The van der Waals surface area contributed by atoms with E-state index in [1.54, 1.807) is 12.1 Å². The summed E-state index contributed by atoms with van der Waals surface area (Å²) in [6.45, 7) is 5.49. The Bertz CT molecular complexity index is 444. The first-order chi connectivity index (χ1) is 9.02. The molecular weight excluding hydrogens is 369 g/mol. The van der Waals surface area contributed by atoms with Gasteiger partial charge in [0, 0.05) is 6.54 Å². The third-order valence-electron chi connectivity index (χ3n) is 2.50. The standard InChI is InChI=1S/C14H21N3O2.HI/c1-10(2)8-16-14(15)17-9-11-4-6-12(7-5-11)13(18)19-3;/h4-7,10H,8-9H2,1-3H3,(H3,15,16,17);1H. The first-order valence-corrected chi connectivity index (χ1v) is 6.24. The van der Waals surface area contributed by atoms with E-state index in [9.17, 15) is 4.79 Å². The quantitative estimate of drug-likeness (QED) is 0.349. The van der Waals surface area contributed by atoms with Gasteiger partial charge >= 0.3 is 5.97 Å². The Morgan fingerprint density at radius 1 is 1.35 bits per heavy atom. The molecule has 20 heavy (non-hydrogen) atoms. The highest BCUT2D eigenvalue weighted by Crippen LogP contribution is 2.06. The first kappa shape index (κ1) is 18.7. The summed E-state index contributed by atoms with van der Waals surface area (Å²) in [5, 5.41) is 3.04. The molecule has 1 rings (SSSR count). The van der Waals surface area contributed by atoms with Crippen LogP contribution in [0, 0.1) is 5.92 Å². The van der Waals surface area contributed by atoms with Crippen LogP contribution in [0.4, 0.5) is 0 Å². The maximum absolute atomic E-state index is 11.3. The van der Waals surface area contributed by atoms with Crippen molar-refractivity contribution in [1.29, 1.82) is 0 Å². The summed E-state index contributed by atoms with van der Waals surface area (Å²) in [5.41, 5.74) is 7.25. The SMILES string of the molecule is COC(=O)c1ccc(CN=C(N)NCC(C)C)cc1.I. The molecule has 5 nitrogen and oxygen atoms in total. The number of nitrogens with one attached hydrogen (secondary N) is 1. The Morgan fingerprint density at radius 3 is 2.45 bits per heavy atom. The minimum Gasteiger partial charge on any atom is -0.465 e. The van der Waals surface area contributed by atoms with E-state index in [0.29, 0.717) is 24.0 Å². The molecule has 0 aliphatic rings. The van der Waals surface area contributed by atoms with Gasteiger partial charge < -0.3 is 15.8 Å². The van der Waals surface area contributed by atoms with Crippen LogP contribution in [0.5, 0.6) is 0 Å². The van der Waals surface area contributed by atoms with Crippen LogP contribution in [-0.4, -0.2) is 25.6 Å². The number of esters is 1. The maximum Gasteiger partial charge on any atom is 0.337 e. The number of methoxy groups -OCH3 is 1. The number of aliphatic imine (C=N–C) groups is 1. The second-order valence-corrected chi connectivity index (χ2v) is 4.66. The molecule has 0 radical (unpaired) electrons. The molecule has 0 amide bonds. The highest BCUT2D eigenvalue weighted by atomic mass is 127. The number of guanidine groups is 1. The van der Waals surface area contributed by atoms with Crippen molar-refractivity contribution in [3.63, 3.8) is 0 Å². The molecule has 0 fully saturated rings. The molecular formula is C14H22IN3O2. The molecule has 0 aliphatic carbocycles. The number of rotatable bonds is 5. The van der Waals surface area contributed by atoms with E-state index in [0.717, 1.165) is 12.1 Å². The fourth-order valence-corrected chi connectivity index (χ4v) is 1.41. The lowest BCUT2D eigenvalue weighted by molar-refractivity contribution is 0.0600. The second-order valence-electron chi connectivity index (χ2n) is 4.66. The third kappa shape index (κ3) is 6.74. The molecule has 0 bridgehead atoms. The van der Waals surface area contributed by atoms with Crippen molar-refractivity contribution >= 4 is 35.9 Å². The largest absolute Gasteiger partial charge is 0.465 e. The third-order valence-corrected chi connectivity index (χ3v) is 2.50. The van der Waals surface area contributed by atoms with E-state index in [1.165, 1.54) is 7.11 Å². The zero-order valence-corrected chi connectivity index (χ0v) is 14.4. The van der Waals surface area contributed by atoms with E-state index in [2.05, 4.69) is 28.9 Å². The van der Waals surface area contributed by atoms with Gasteiger partial charge in [0.2, 0.25) is 0 Å². The zero-order chi connectivity index (χ0) is 14.3. The molecule has 3 N–H and O–H groups in total. The fraction of sp³-hybridized carbons (Fsp3) is 0.429. The number of benzene rings is 1. The monoisotopic (exact) mass is 391 g/mol. The number of carbonyl (C=O) groups excluding carboxylic acids is 1. The molecule has 112 valence electrons. The van der Waals surface area contributed by atoms with Crippen molar-refractivity contribution < 1.29 is 9.53 Å². The van der Waals surface area contributed by atoms with Gasteiger partial charge in [-0.05, 0) is 23.6 Å². The van der Waals surface area contributed by atoms with Gasteiger partial charge in [-0.1, -0.05) is 26.0 Å². The number of hydrogen-bond acceptors (Lipinski definition) is 3. The summed E-state index contributed by atoms with van der Waals surface area (Å²) in [6.07, 6.45) is 0. The number of hydrogen-bond donors (Lipinski definition) is 2. The second kappa shape index (κ2) is 9.57. The Hall–Kier alpha value is -1.31. The van der Waals surface area contributed by atoms with Crippen LogP contribution in [0.15, 0.2) is 29.3 Å². The van der Waals surface area contributed by atoms with Crippen molar-refractivity contribution in [2.24, 2.45) is 16.6 Å².